The molecule has 1 rings (SSSR count). The molecule has 7 heteroatoms. The Bertz CT molecular complexity index is 146. The molecule has 0 spiro atoms. The maximum absolute atomic E-state index is 8.74. The SMILES string of the molecule is C1CCOC1.O=S(=O)(O)O.[NaH]. The summed E-state index contributed by atoms with van der Waals surface area (Å²) in [6.45, 7) is 2.00. The molecule has 1 aliphatic rings. The Morgan fingerprint density at radius 3 is 1.45 bits per heavy atom. The van der Waals surface area contributed by atoms with Gasteiger partial charge in [-0.15, -0.1) is 0 Å². The first-order valence-corrected chi connectivity index (χ1v) is 4.17. The molecule has 0 unspecified atom stereocenters. The van der Waals surface area contributed by atoms with Crippen LogP contribution in [0.4, 0.5) is 0 Å². The third kappa shape index (κ3) is 24.8. The summed E-state index contributed by atoms with van der Waals surface area (Å²) in [5.41, 5.74) is 0. The van der Waals surface area contributed by atoms with Crippen molar-refractivity contribution in [2.75, 3.05) is 13.2 Å². The van der Waals surface area contributed by atoms with E-state index in [1.165, 1.54) is 12.8 Å². The number of hydrogen-bond acceptors (Lipinski definition) is 3. The van der Waals surface area contributed by atoms with Crippen LogP contribution >= 0.6 is 0 Å². The van der Waals surface area contributed by atoms with E-state index in [0.717, 1.165) is 13.2 Å². The minimum absolute atomic E-state index is 0. The van der Waals surface area contributed by atoms with Gasteiger partial charge < -0.3 is 4.74 Å². The molecule has 1 saturated heterocycles. The monoisotopic (exact) mass is 194 g/mol. The second-order valence-electron chi connectivity index (χ2n) is 1.77. The molecule has 0 atom stereocenters. The fourth-order valence-corrected chi connectivity index (χ4v) is 0.510. The van der Waals surface area contributed by atoms with E-state index < -0.39 is 10.4 Å². The van der Waals surface area contributed by atoms with E-state index in [4.69, 9.17) is 22.3 Å². The van der Waals surface area contributed by atoms with Gasteiger partial charge in [0.15, 0.2) is 0 Å². The van der Waals surface area contributed by atoms with Crippen LogP contribution in [0.1, 0.15) is 12.8 Å². The second-order valence-corrected chi connectivity index (χ2v) is 2.66. The average Bonchev–Trinajstić information content (AvgIpc) is 2.07. The van der Waals surface area contributed by atoms with Gasteiger partial charge in [0.25, 0.3) is 0 Å². The molecule has 1 heterocycles. The van der Waals surface area contributed by atoms with Crippen molar-refractivity contribution < 1.29 is 22.3 Å². The summed E-state index contributed by atoms with van der Waals surface area (Å²) < 4.78 is 36.5. The van der Waals surface area contributed by atoms with E-state index >= 15 is 0 Å². The molecular weight excluding hydrogens is 183 g/mol. The molecule has 5 nitrogen and oxygen atoms in total. The standard InChI is InChI=1S/C4H8O.Na.H2O4S.H/c1-2-4-5-3-1;;1-5(2,3)4;/h1-4H2;;(H2,1,2,3,4);. The summed E-state index contributed by atoms with van der Waals surface area (Å²) in [5, 5.41) is 0. The van der Waals surface area contributed by atoms with Crippen molar-refractivity contribution in [2.24, 2.45) is 0 Å². The first kappa shape index (κ1) is 14.4. The molecule has 0 aliphatic carbocycles. The molecule has 0 aromatic rings. The van der Waals surface area contributed by atoms with E-state index in [0.29, 0.717) is 0 Å². The predicted molar refractivity (Wildman–Crippen MR) is 41.4 cm³/mol. The molecule has 64 valence electrons. The van der Waals surface area contributed by atoms with Gasteiger partial charge in [-0.1, -0.05) is 0 Å². The van der Waals surface area contributed by atoms with Gasteiger partial charge in [-0.2, -0.15) is 8.42 Å². The number of rotatable bonds is 0. The van der Waals surface area contributed by atoms with Crippen LogP contribution in [0.2, 0.25) is 0 Å². The number of ether oxygens (including phenoxy) is 1. The molecular formula is C4H11NaO5S. The Morgan fingerprint density at radius 2 is 1.36 bits per heavy atom. The normalized spacial score (nSPS) is 16.2. The molecule has 1 aliphatic heterocycles. The van der Waals surface area contributed by atoms with Gasteiger partial charge in [0.1, 0.15) is 0 Å². The van der Waals surface area contributed by atoms with Crippen molar-refractivity contribution in [3.05, 3.63) is 0 Å². The van der Waals surface area contributed by atoms with Crippen molar-refractivity contribution >= 4 is 40.0 Å². The van der Waals surface area contributed by atoms with Gasteiger partial charge >= 0.3 is 40.0 Å². The minimum atomic E-state index is -4.67. The first-order chi connectivity index (χ1) is 4.50. The van der Waals surface area contributed by atoms with Gasteiger partial charge in [-0.3, -0.25) is 9.11 Å². The Hall–Kier alpha value is 0.830. The summed E-state index contributed by atoms with van der Waals surface area (Å²) in [5.74, 6) is 0. The quantitative estimate of drug-likeness (QED) is 0.401. The Labute approximate surface area is 88.0 Å². The van der Waals surface area contributed by atoms with Crippen LogP contribution in [0.3, 0.4) is 0 Å². The molecule has 0 aromatic heterocycles. The van der Waals surface area contributed by atoms with Crippen molar-refractivity contribution in [3.8, 4) is 0 Å². The van der Waals surface area contributed by atoms with Crippen molar-refractivity contribution in [1.82, 2.24) is 0 Å². The first-order valence-electron chi connectivity index (χ1n) is 2.78. The Kier molecular flexibility index (Phi) is 9.76. The zero-order valence-corrected chi connectivity index (χ0v) is 6.17. The number of hydrogen-bond donors (Lipinski definition) is 2. The Balaban J connectivity index is 0. The molecule has 0 radical (unpaired) electrons. The molecule has 0 amide bonds. The molecule has 0 aromatic carbocycles. The average molecular weight is 194 g/mol. The van der Waals surface area contributed by atoms with Crippen LogP contribution < -0.4 is 0 Å². The van der Waals surface area contributed by atoms with Crippen LogP contribution in [-0.4, -0.2) is 60.3 Å². The molecule has 1 fully saturated rings. The fourth-order valence-electron chi connectivity index (χ4n) is 0.510. The second kappa shape index (κ2) is 7.48. The molecule has 0 saturated carbocycles. The van der Waals surface area contributed by atoms with Gasteiger partial charge in [0.2, 0.25) is 0 Å². The summed E-state index contributed by atoms with van der Waals surface area (Å²) in [6.07, 6.45) is 2.56. The van der Waals surface area contributed by atoms with Gasteiger partial charge in [-0.25, -0.2) is 0 Å². The van der Waals surface area contributed by atoms with Gasteiger partial charge in [-0.05, 0) is 12.8 Å². The van der Waals surface area contributed by atoms with E-state index in [-0.39, 0.29) is 29.6 Å². The van der Waals surface area contributed by atoms with E-state index in [1.807, 2.05) is 0 Å². The van der Waals surface area contributed by atoms with Gasteiger partial charge in [0, 0.05) is 13.2 Å². The van der Waals surface area contributed by atoms with Crippen LogP contribution in [0.25, 0.3) is 0 Å². The van der Waals surface area contributed by atoms with Crippen LogP contribution in [0.15, 0.2) is 0 Å². The summed E-state index contributed by atoms with van der Waals surface area (Å²) in [7, 11) is -4.67. The Morgan fingerprint density at radius 1 is 1.09 bits per heavy atom. The summed E-state index contributed by atoms with van der Waals surface area (Å²) in [6, 6.07) is 0. The molecule has 0 bridgehead atoms. The zero-order valence-electron chi connectivity index (χ0n) is 5.36. The third-order valence-electron chi connectivity index (χ3n) is 0.827. The van der Waals surface area contributed by atoms with Crippen molar-refractivity contribution in [3.63, 3.8) is 0 Å². The van der Waals surface area contributed by atoms with Crippen LogP contribution in [-0.2, 0) is 15.1 Å². The van der Waals surface area contributed by atoms with Crippen molar-refractivity contribution in [2.45, 2.75) is 12.8 Å². The third-order valence-corrected chi connectivity index (χ3v) is 0.827. The molecule has 11 heavy (non-hydrogen) atoms. The fraction of sp³-hybridized carbons (Fsp3) is 1.00. The van der Waals surface area contributed by atoms with Gasteiger partial charge in [0.05, 0.1) is 0 Å². The van der Waals surface area contributed by atoms with Crippen molar-refractivity contribution in [1.29, 1.82) is 0 Å². The molecule has 2 N–H and O–H groups in total. The van der Waals surface area contributed by atoms with E-state index in [2.05, 4.69) is 0 Å². The maximum atomic E-state index is 8.74. The van der Waals surface area contributed by atoms with E-state index in [9.17, 15) is 0 Å². The van der Waals surface area contributed by atoms with Crippen LogP contribution in [0, 0.1) is 0 Å². The zero-order chi connectivity index (χ0) is 8.04. The summed E-state index contributed by atoms with van der Waals surface area (Å²) in [4.78, 5) is 0. The topological polar surface area (TPSA) is 83.8 Å². The summed E-state index contributed by atoms with van der Waals surface area (Å²) >= 11 is 0. The van der Waals surface area contributed by atoms with E-state index in [1.54, 1.807) is 0 Å². The predicted octanol–water partition coefficient (Wildman–Crippen LogP) is -0.504. The van der Waals surface area contributed by atoms with Crippen LogP contribution in [0.5, 0.6) is 0 Å².